The SMILES string of the molecule is CN(CC1CC1)c1cc(C(N)=NO)c2ccccc2n1. The van der Waals surface area contributed by atoms with E-state index in [1.165, 1.54) is 12.8 Å². The molecule has 1 aromatic carbocycles. The molecule has 1 aliphatic carbocycles. The van der Waals surface area contributed by atoms with E-state index in [9.17, 15) is 0 Å². The second kappa shape index (κ2) is 5.00. The molecule has 3 N–H and O–H groups in total. The van der Waals surface area contributed by atoms with E-state index < -0.39 is 0 Å². The summed E-state index contributed by atoms with van der Waals surface area (Å²) in [4.78, 5) is 6.80. The third kappa shape index (κ3) is 2.39. The molecule has 0 amide bonds. The first-order valence-corrected chi connectivity index (χ1v) is 6.78. The van der Waals surface area contributed by atoms with Gasteiger partial charge in [-0.3, -0.25) is 0 Å². The Morgan fingerprint density at radius 2 is 2.20 bits per heavy atom. The maximum atomic E-state index is 8.96. The van der Waals surface area contributed by atoms with Crippen LogP contribution in [0.4, 0.5) is 5.82 Å². The van der Waals surface area contributed by atoms with E-state index in [-0.39, 0.29) is 5.84 Å². The predicted molar refractivity (Wildman–Crippen MR) is 80.2 cm³/mol. The maximum absolute atomic E-state index is 8.96. The Balaban J connectivity index is 2.08. The predicted octanol–water partition coefficient (Wildman–Crippen LogP) is 2.18. The molecule has 104 valence electrons. The number of nitrogens with two attached hydrogens (primary N) is 1. The number of hydrogen-bond acceptors (Lipinski definition) is 4. The molecule has 20 heavy (non-hydrogen) atoms. The number of hydrogen-bond donors (Lipinski definition) is 2. The standard InChI is InChI=1S/C15H18N4O/c1-19(9-10-6-7-10)14-8-12(15(16)18-20)11-4-2-3-5-13(11)17-14/h2-5,8,10,20H,6-7,9H2,1H3,(H2,16,18). The fourth-order valence-electron chi connectivity index (χ4n) is 2.40. The van der Waals surface area contributed by atoms with Crippen molar-refractivity contribution in [2.24, 2.45) is 16.8 Å². The van der Waals surface area contributed by atoms with E-state index in [1.807, 2.05) is 37.4 Å². The monoisotopic (exact) mass is 270 g/mol. The summed E-state index contributed by atoms with van der Waals surface area (Å²) in [6, 6.07) is 9.62. The van der Waals surface area contributed by atoms with Gasteiger partial charge in [0.2, 0.25) is 0 Å². The topological polar surface area (TPSA) is 74.7 Å². The molecular formula is C15H18N4O. The molecule has 0 saturated heterocycles. The number of anilines is 1. The van der Waals surface area contributed by atoms with E-state index in [1.54, 1.807) is 0 Å². The van der Waals surface area contributed by atoms with Crippen molar-refractivity contribution in [2.75, 3.05) is 18.5 Å². The molecule has 1 aliphatic rings. The number of nitrogens with zero attached hydrogens (tertiary/aromatic N) is 3. The highest BCUT2D eigenvalue weighted by Crippen LogP contribution is 2.31. The number of para-hydroxylation sites is 1. The lowest BCUT2D eigenvalue weighted by molar-refractivity contribution is 0.318. The Labute approximate surface area is 117 Å². The van der Waals surface area contributed by atoms with Gasteiger partial charge < -0.3 is 15.8 Å². The van der Waals surface area contributed by atoms with Crippen LogP contribution in [0, 0.1) is 5.92 Å². The minimum absolute atomic E-state index is 0.115. The highest BCUT2D eigenvalue weighted by molar-refractivity contribution is 6.08. The number of fused-ring (bicyclic) bond motifs is 1. The molecule has 5 heteroatoms. The molecule has 0 aliphatic heterocycles. The Morgan fingerprint density at radius 1 is 1.45 bits per heavy atom. The maximum Gasteiger partial charge on any atom is 0.170 e. The summed E-state index contributed by atoms with van der Waals surface area (Å²) in [5.74, 6) is 1.75. The highest BCUT2D eigenvalue weighted by atomic mass is 16.4. The quantitative estimate of drug-likeness (QED) is 0.386. The van der Waals surface area contributed by atoms with Crippen molar-refractivity contribution in [2.45, 2.75) is 12.8 Å². The van der Waals surface area contributed by atoms with Crippen molar-refractivity contribution in [3.63, 3.8) is 0 Å². The van der Waals surface area contributed by atoms with Crippen LogP contribution in [0.15, 0.2) is 35.5 Å². The molecule has 0 radical (unpaired) electrons. The smallest absolute Gasteiger partial charge is 0.170 e. The second-order valence-electron chi connectivity index (χ2n) is 5.35. The molecule has 0 atom stereocenters. The Morgan fingerprint density at radius 3 is 2.90 bits per heavy atom. The third-order valence-electron chi connectivity index (χ3n) is 3.71. The van der Waals surface area contributed by atoms with E-state index in [2.05, 4.69) is 15.0 Å². The summed E-state index contributed by atoms with van der Waals surface area (Å²) in [6.45, 7) is 1.00. The van der Waals surface area contributed by atoms with Gasteiger partial charge >= 0.3 is 0 Å². The minimum atomic E-state index is 0.115. The molecule has 0 unspecified atom stereocenters. The van der Waals surface area contributed by atoms with Crippen molar-refractivity contribution in [3.8, 4) is 0 Å². The van der Waals surface area contributed by atoms with Crippen molar-refractivity contribution in [1.29, 1.82) is 0 Å². The van der Waals surface area contributed by atoms with Crippen LogP contribution >= 0.6 is 0 Å². The zero-order valence-electron chi connectivity index (χ0n) is 11.5. The van der Waals surface area contributed by atoms with Gasteiger partial charge in [-0.2, -0.15) is 0 Å². The fourth-order valence-corrected chi connectivity index (χ4v) is 2.40. The van der Waals surface area contributed by atoms with Gasteiger partial charge in [0.15, 0.2) is 5.84 Å². The molecule has 1 fully saturated rings. The third-order valence-corrected chi connectivity index (χ3v) is 3.71. The number of rotatable bonds is 4. The molecule has 2 aromatic rings. The molecule has 3 rings (SSSR count). The molecule has 1 heterocycles. The number of amidine groups is 1. The highest BCUT2D eigenvalue weighted by Gasteiger charge is 2.23. The summed E-state index contributed by atoms with van der Waals surface area (Å²) in [6.07, 6.45) is 2.59. The van der Waals surface area contributed by atoms with Crippen LogP contribution in [0.2, 0.25) is 0 Å². The van der Waals surface area contributed by atoms with Gasteiger partial charge in [0.25, 0.3) is 0 Å². The van der Waals surface area contributed by atoms with Crippen molar-refractivity contribution < 1.29 is 5.21 Å². The largest absolute Gasteiger partial charge is 0.409 e. The average Bonchev–Trinajstić information content (AvgIpc) is 3.29. The van der Waals surface area contributed by atoms with Crippen molar-refractivity contribution in [1.82, 2.24) is 4.98 Å². The van der Waals surface area contributed by atoms with Crippen LogP contribution in [0.3, 0.4) is 0 Å². The Kier molecular flexibility index (Phi) is 3.18. The van der Waals surface area contributed by atoms with Gasteiger partial charge in [-0.15, -0.1) is 0 Å². The molecule has 1 saturated carbocycles. The van der Waals surface area contributed by atoms with Gasteiger partial charge in [0.05, 0.1) is 5.52 Å². The van der Waals surface area contributed by atoms with Gasteiger partial charge in [-0.1, -0.05) is 23.4 Å². The van der Waals surface area contributed by atoms with Crippen LogP contribution in [0.25, 0.3) is 10.9 Å². The van der Waals surface area contributed by atoms with Crippen molar-refractivity contribution >= 4 is 22.6 Å². The zero-order valence-corrected chi connectivity index (χ0v) is 11.5. The molecule has 5 nitrogen and oxygen atoms in total. The van der Waals surface area contributed by atoms with E-state index >= 15 is 0 Å². The van der Waals surface area contributed by atoms with Crippen LogP contribution < -0.4 is 10.6 Å². The van der Waals surface area contributed by atoms with Gasteiger partial charge in [-0.05, 0) is 30.9 Å². The van der Waals surface area contributed by atoms with Crippen LogP contribution in [-0.2, 0) is 0 Å². The first-order chi connectivity index (χ1) is 9.69. The summed E-state index contributed by atoms with van der Waals surface area (Å²) in [5, 5.41) is 13.0. The fraction of sp³-hybridized carbons (Fsp3) is 0.333. The number of aromatic nitrogens is 1. The minimum Gasteiger partial charge on any atom is -0.409 e. The number of oxime groups is 1. The Hall–Kier alpha value is -2.30. The van der Waals surface area contributed by atoms with E-state index in [4.69, 9.17) is 10.9 Å². The number of benzene rings is 1. The lowest BCUT2D eigenvalue weighted by Gasteiger charge is -2.19. The van der Waals surface area contributed by atoms with Gasteiger partial charge in [-0.25, -0.2) is 4.98 Å². The normalized spacial score (nSPS) is 15.6. The van der Waals surface area contributed by atoms with Gasteiger partial charge in [0.1, 0.15) is 5.82 Å². The summed E-state index contributed by atoms with van der Waals surface area (Å²) in [7, 11) is 2.03. The lowest BCUT2D eigenvalue weighted by Crippen LogP contribution is -2.22. The van der Waals surface area contributed by atoms with Crippen LogP contribution in [0.5, 0.6) is 0 Å². The average molecular weight is 270 g/mol. The van der Waals surface area contributed by atoms with Crippen molar-refractivity contribution in [3.05, 3.63) is 35.9 Å². The molecule has 1 aromatic heterocycles. The summed E-state index contributed by atoms with van der Waals surface area (Å²) in [5.41, 5.74) is 7.37. The molecule has 0 spiro atoms. The van der Waals surface area contributed by atoms with Gasteiger partial charge in [0, 0.05) is 24.5 Å². The first-order valence-electron chi connectivity index (χ1n) is 6.78. The summed E-state index contributed by atoms with van der Waals surface area (Å²) >= 11 is 0. The van der Waals surface area contributed by atoms with Crippen LogP contribution in [-0.4, -0.2) is 29.6 Å². The zero-order chi connectivity index (χ0) is 14.1. The second-order valence-corrected chi connectivity index (χ2v) is 5.35. The first kappa shape index (κ1) is 12.7. The molecule has 0 bridgehead atoms. The lowest BCUT2D eigenvalue weighted by atomic mass is 10.1. The van der Waals surface area contributed by atoms with E-state index in [0.29, 0.717) is 0 Å². The van der Waals surface area contributed by atoms with Crippen LogP contribution in [0.1, 0.15) is 18.4 Å². The summed E-state index contributed by atoms with van der Waals surface area (Å²) < 4.78 is 0. The molecular weight excluding hydrogens is 252 g/mol. The van der Waals surface area contributed by atoms with E-state index in [0.717, 1.165) is 34.7 Å². The Bertz CT molecular complexity index is 664. The number of pyridine rings is 1.